The number of anilines is 1. The standard InChI is InChI=1S/C19H19F3N2/c1-3-12-24(13-11-15-7-5-4-6-8-15)16-9-10-18(23-2)17(14-16)19(20,21)22/h4-10,14H,3,11-13H2,1H3. The van der Waals surface area contributed by atoms with Crippen LogP contribution in [0.1, 0.15) is 24.5 Å². The molecule has 0 spiro atoms. The van der Waals surface area contributed by atoms with E-state index in [2.05, 4.69) is 4.85 Å². The molecule has 0 aromatic heterocycles. The molecule has 24 heavy (non-hydrogen) atoms. The lowest BCUT2D eigenvalue weighted by Crippen LogP contribution is -2.27. The van der Waals surface area contributed by atoms with Crippen LogP contribution in [0.2, 0.25) is 0 Å². The molecule has 0 N–H and O–H groups in total. The summed E-state index contributed by atoms with van der Waals surface area (Å²) in [6, 6.07) is 13.8. The van der Waals surface area contributed by atoms with Crippen molar-refractivity contribution in [3.63, 3.8) is 0 Å². The summed E-state index contributed by atoms with van der Waals surface area (Å²) in [4.78, 5) is 4.93. The molecule has 0 saturated heterocycles. The van der Waals surface area contributed by atoms with E-state index in [0.29, 0.717) is 18.8 Å². The number of halogens is 3. The van der Waals surface area contributed by atoms with Crippen molar-refractivity contribution in [1.82, 2.24) is 0 Å². The van der Waals surface area contributed by atoms with Crippen molar-refractivity contribution in [1.29, 1.82) is 0 Å². The minimum Gasteiger partial charge on any atom is -0.371 e. The smallest absolute Gasteiger partial charge is 0.371 e. The molecule has 0 atom stereocenters. The van der Waals surface area contributed by atoms with E-state index in [-0.39, 0.29) is 5.69 Å². The number of alkyl halides is 3. The highest BCUT2D eigenvalue weighted by molar-refractivity contribution is 5.62. The minimum absolute atomic E-state index is 0.356. The maximum Gasteiger partial charge on any atom is 0.407 e. The van der Waals surface area contributed by atoms with Crippen LogP contribution < -0.4 is 4.90 Å². The zero-order valence-electron chi connectivity index (χ0n) is 13.5. The molecule has 2 aromatic carbocycles. The largest absolute Gasteiger partial charge is 0.407 e. The molecule has 0 heterocycles. The third kappa shape index (κ3) is 4.51. The van der Waals surface area contributed by atoms with Crippen LogP contribution >= 0.6 is 0 Å². The number of rotatable bonds is 6. The molecule has 0 fully saturated rings. The maximum absolute atomic E-state index is 13.2. The van der Waals surface area contributed by atoms with Gasteiger partial charge >= 0.3 is 6.18 Å². The summed E-state index contributed by atoms with van der Waals surface area (Å²) in [7, 11) is 0. The second kappa shape index (κ2) is 7.87. The molecule has 126 valence electrons. The Morgan fingerprint density at radius 3 is 2.33 bits per heavy atom. The fraction of sp³-hybridized carbons (Fsp3) is 0.316. The van der Waals surface area contributed by atoms with Crippen LogP contribution in [0.25, 0.3) is 4.85 Å². The Bertz CT molecular complexity index is 703. The zero-order chi connectivity index (χ0) is 17.6. The first kappa shape index (κ1) is 17.9. The van der Waals surface area contributed by atoms with Gasteiger partial charge in [0.25, 0.3) is 0 Å². The third-order valence-electron chi connectivity index (χ3n) is 3.78. The van der Waals surface area contributed by atoms with Gasteiger partial charge in [-0.05, 0) is 30.5 Å². The van der Waals surface area contributed by atoms with Crippen LogP contribution in [0.15, 0.2) is 48.5 Å². The quantitative estimate of drug-likeness (QED) is 0.614. The normalized spacial score (nSPS) is 11.1. The molecule has 0 aliphatic heterocycles. The number of hydrogen-bond donors (Lipinski definition) is 0. The van der Waals surface area contributed by atoms with Gasteiger partial charge in [-0.3, -0.25) is 0 Å². The summed E-state index contributed by atoms with van der Waals surface area (Å²) in [5.74, 6) is 0. The summed E-state index contributed by atoms with van der Waals surface area (Å²) in [6.45, 7) is 10.2. The van der Waals surface area contributed by atoms with E-state index in [0.717, 1.165) is 24.5 Å². The van der Waals surface area contributed by atoms with Crippen molar-refractivity contribution in [3.8, 4) is 0 Å². The summed E-state index contributed by atoms with van der Waals surface area (Å²) < 4.78 is 39.5. The molecule has 0 unspecified atom stereocenters. The monoisotopic (exact) mass is 332 g/mol. The van der Waals surface area contributed by atoms with E-state index in [1.807, 2.05) is 42.2 Å². The molecular formula is C19H19F3N2. The van der Waals surface area contributed by atoms with Gasteiger partial charge in [0, 0.05) is 18.8 Å². The van der Waals surface area contributed by atoms with E-state index in [9.17, 15) is 13.2 Å². The molecule has 2 aromatic rings. The van der Waals surface area contributed by atoms with Crippen molar-refractivity contribution in [2.45, 2.75) is 25.9 Å². The van der Waals surface area contributed by atoms with Crippen LogP contribution in [0.3, 0.4) is 0 Å². The molecule has 0 amide bonds. The molecule has 5 heteroatoms. The van der Waals surface area contributed by atoms with Gasteiger partial charge in [-0.1, -0.05) is 43.3 Å². The minimum atomic E-state index is -4.52. The van der Waals surface area contributed by atoms with Gasteiger partial charge in [0.2, 0.25) is 0 Å². The highest BCUT2D eigenvalue weighted by atomic mass is 19.4. The zero-order valence-corrected chi connectivity index (χ0v) is 13.5. The topological polar surface area (TPSA) is 7.60 Å². The number of nitrogens with zero attached hydrogens (tertiary/aromatic N) is 2. The molecule has 0 saturated carbocycles. The molecule has 2 rings (SSSR count). The van der Waals surface area contributed by atoms with Gasteiger partial charge < -0.3 is 4.90 Å². The Balaban J connectivity index is 2.26. The predicted octanol–water partition coefficient (Wildman–Crippen LogP) is 5.72. The van der Waals surface area contributed by atoms with Crippen LogP contribution in [0.5, 0.6) is 0 Å². The van der Waals surface area contributed by atoms with Crippen molar-refractivity contribution in [2.75, 3.05) is 18.0 Å². The molecule has 0 aliphatic carbocycles. The number of benzene rings is 2. The van der Waals surface area contributed by atoms with Crippen LogP contribution in [0.4, 0.5) is 24.5 Å². The van der Waals surface area contributed by atoms with Crippen molar-refractivity contribution in [2.24, 2.45) is 0 Å². The first-order valence-electron chi connectivity index (χ1n) is 7.83. The highest BCUT2D eigenvalue weighted by Gasteiger charge is 2.33. The van der Waals surface area contributed by atoms with Gasteiger partial charge in [-0.15, -0.1) is 0 Å². The first-order valence-corrected chi connectivity index (χ1v) is 7.83. The highest BCUT2D eigenvalue weighted by Crippen LogP contribution is 2.38. The van der Waals surface area contributed by atoms with E-state index in [1.165, 1.54) is 6.07 Å². The summed E-state index contributed by atoms with van der Waals surface area (Å²) >= 11 is 0. The Kier molecular flexibility index (Phi) is 5.86. The van der Waals surface area contributed by atoms with E-state index in [1.54, 1.807) is 6.07 Å². The third-order valence-corrected chi connectivity index (χ3v) is 3.78. The summed E-state index contributed by atoms with van der Waals surface area (Å²) in [5, 5.41) is 0. The molecule has 2 nitrogen and oxygen atoms in total. The average Bonchev–Trinajstić information content (AvgIpc) is 2.58. The van der Waals surface area contributed by atoms with E-state index in [4.69, 9.17) is 6.57 Å². The lowest BCUT2D eigenvalue weighted by Gasteiger charge is -2.25. The summed E-state index contributed by atoms with van der Waals surface area (Å²) in [5.41, 5.74) is 0.432. The summed E-state index contributed by atoms with van der Waals surface area (Å²) in [6.07, 6.45) is -2.93. The predicted molar refractivity (Wildman–Crippen MR) is 90.4 cm³/mol. The second-order valence-electron chi connectivity index (χ2n) is 5.53. The first-order chi connectivity index (χ1) is 11.5. The Morgan fingerprint density at radius 2 is 1.75 bits per heavy atom. The Hall–Kier alpha value is -2.48. The lowest BCUT2D eigenvalue weighted by atomic mass is 10.1. The fourth-order valence-corrected chi connectivity index (χ4v) is 2.59. The SMILES string of the molecule is [C-]#[N+]c1ccc(N(CCC)CCc2ccccc2)cc1C(F)(F)F. The molecule has 0 aliphatic rings. The lowest BCUT2D eigenvalue weighted by molar-refractivity contribution is -0.136. The van der Waals surface area contributed by atoms with Gasteiger partial charge in [0.05, 0.1) is 12.1 Å². The van der Waals surface area contributed by atoms with Crippen LogP contribution in [-0.2, 0) is 12.6 Å². The molecular weight excluding hydrogens is 313 g/mol. The van der Waals surface area contributed by atoms with Crippen molar-refractivity contribution >= 4 is 11.4 Å². The fourth-order valence-electron chi connectivity index (χ4n) is 2.59. The van der Waals surface area contributed by atoms with Gasteiger partial charge in [-0.2, -0.15) is 13.2 Å². The van der Waals surface area contributed by atoms with Crippen LogP contribution in [-0.4, -0.2) is 13.1 Å². The molecule has 0 radical (unpaired) electrons. The van der Waals surface area contributed by atoms with Crippen molar-refractivity contribution in [3.05, 3.63) is 71.1 Å². The molecule has 0 bridgehead atoms. The van der Waals surface area contributed by atoms with Gasteiger partial charge in [0.1, 0.15) is 0 Å². The van der Waals surface area contributed by atoms with Crippen LogP contribution in [0, 0.1) is 6.57 Å². The Labute approximate surface area is 140 Å². The van der Waals surface area contributed by atoms with E-state index < -0.39 is 11.7 Å². The van der Waals surface area contributed by atoms with Gasteiger partial charge in [0.15, 0.2) is 5.69 Å². The van der Waals surface area contributed by atoms with Gasteiger partial charge in [-0.25, -0.2) is 4.85 Å². The maximum atomic E-state index is 13.2. The average molecular weight is 332 g/mol. The van der Waals surface area contributed by atoms with E-state index >= 15 is 0 Å². The Morgan fingerprint density at radius 1 is 1.04 bits per heavy atom. The number of hydrogen-bond acceptors (Lipinski definition) is 1. The second-order valence-corrected chi connectivity index (χ2v) is 5.53. The van der Waals surface area contributed by atoms with Crippen molar-refractivity contribution < 1.29 is 13.2 Å².